The van der Waals surface area contributed by atoms with Gasteiger partial charge in [0.1, 0.15) is 0 Å². The summed E-state index contributed by atoms with van der Waals surface area (Å²) < 4.78 is 5.16. The maximum Gasteiger partial charge on any atom is 0.309 e. The van der Waals surface area contributed by atoms with Crippen molar-refractivity contribution < 1.29 is 9.53 Å². The number of ether oxygens (including phenoxy) is 1. The first kappa shape index (κ1) is 18.8. The molecule has 0 saturated carbocycles. The molecule has 0 rings (SSSR count). The normalized spacial score (nSPS) is 9.55. The van der Waals surface area contributed by atoms with Crippen molar-refractivity contribution in [3.8, 4) is 11.8 Å². The summed E-state index contributed by atoms with van der Waals surface area (Å²) in [5.74, 6) is 6.15. The molecule has 0 spiro atoms. The van der Waals surface area contributed by atoms with Gasteiger partial charge in [0.15, 0.2) is 0 Å². The number of hydrogen-bond acceptors (Lipinski definition) is 2. The molecule has 0 fully saturated rings. The molecule has 0 aromatic rings. The zero-order valence-corrected chi connectivity index (χ0v) is 13.5. The van der Waals surface area contributed by atoms with Gasteiger partial charge in [0.05, 0.1) is 13.0 Å². The standard InChI is InChI=1S/C18H30O2/c1-4-5-6-7-8-9-10-11-12-13-16-20-18(19)15-14-17(2)3/h14H,4,7-13,15-16H2,1-3H3. The Morgan fingerprint density at radius 1 is 1.00 bits per heavy atom. The maximum absolute atomic E-state index is 11.3. The summed E-state index contributed by atoms with van der Waals surface area (Å²) in [5.41, 5.74) is 1.16. The number of hydrogen-bond donors (Lipinski definition) is 0. The predicted molar refractivity (Wildman–Crippen MR) is 85.4 cm³/mol. The summed E-state index contributed by atoms with van der Waals surface area (Å²) in [7, 11) is 0. The van der Waals surface area contributed by atoms with Crippen LogP contribution < -0.4 is 0 Å². The molecule has 0 atom stereocenters. The van der Waals surface area contributed by atoms with Crippen LogP contribution in [-0.4, -0.2) is 12.6 Å². The topological polar surface area (TPSA) is 26.3 Å². The molecule has 0 bridgehead atoms. The van der Waals surface area contributed by atoms with Crippen molar-refractivity contribution in [2.24, 2.45) is 0 Å². The van der Waals surface area contributed by atoms with Crippen molar-refractivity contribution in [3.63, 3.8) is 0 Å². The van der Waals surface area contributed by atoms with E-state index in [0.717, 1.165) is 31.3 Å². The number of allylic oxidation sites excluding steroid dienone is 1. The van der Waals surface area contributed by atoms with Gasteiger partial charge >= 0.3 is 5.97 Å². The third-order valence-corrected chi connectivity index (χ3v) is 2.94. The third-order valence-electron chi connectivity index (χ3n) is 2.94. The average Bonchev–Trinajstić information content (AvgIpc) is 2.42. The molecule has 114 valence electrons. The van der Waals surface area contributed by atoms with Crippen molar-refractivity contribution in [2.75, 3.05) is 6.61 Å². The van der Waals surface area contributed by atoms with Crippen LogP contribution in [-0.2, 0) is 9.53 Å². The van der Waals surface area contributed by atoms with Crippen LogP contribution in [0.25, 0.3) is 0 Å². The largest absolute Gasteiger partial charge is 0.465 e. The van der Waals surface area contributed by atoms with E-state index in [1.54, 1.807) is 0 Å². The van der Waals surface area contributed by atoms with E-state index in [2.05, 4.69) is 18.8 Å². The fraction of sp³-hybridized carbons (Fsp3) is 0.722. The molecular weight excluding hydrogens is 248 g/mol. The van der Waals surface area contributed by atoms with Crippen molar-refractivity contribution in [1.29, 1.82) is 0 Å². The summed E-state index contributed by atoms with van der Waals surface area (Å²) in [6.07, 6.45) is 11.4. The van der Waals surface area contributed by atoms with E-state index in [4.69, 9.17) is 4.74 Å². The minimum Gasteiger partial charge on any atom is -0.465 e. The van der Waals surface area contributed by atoms with Crippen LogP contribution in [0, 0.1) is 11.8 Å². The molecule has 0 aliphatic rings. The Labute approximate surface area is 125 Å². The Kier molecular flexibility index (Phi) is 13.3. The number of carbonyl (C=O) groups excluding carboxylic acids is 1. The van der Waals surface area contributed by atoms with Gasteiger partial charge in [-0.25, -0.2) is 0 Å². The summed E-state index contributed by atoms with van der Waals surface area (Å²) in [6, 6.07) is 0. The van der Waals surface area contributed by atoms with Crippen molar-refractivity contribution in [3.05, 3.63) is 11.6 Å². The molecule has 0 saturated heterocycles. The van der Waals surface area contributed by atoms with Crippen molar-refractivity contribution >= 4 is 5.97 Å². The molecule has 0 heterocycles. The second-order valence-electron chi connectivity index (χ2n) is 5.28. The second-order valence-corrected chi connectivity index (χ2v) is 5.28. The number of unbranched alkanes of at least 4 members (excludes halogenated alkanes) is 6. The van der Waals surface area contributed by atoms with Crippen LogP contribution in [0.5, 0.6) is 0 Å². The Balaban J connectivity index is 3.24. The molecule has 0 unspecified atom stereocenters. The Morgan fingerprint density at radius 2 is 1.65 bits per heavy atom. The molecule has 0 N–H and O–H groups in total. The van der Waals surface area contributed by atoms with Crippen LogP contribution in [0.4, 0.5) is 0 Å². The fourth-order valence-electron chi connectivity index (χ4n) is 1.77. The van der Waals surface area contributed by atoms with E-state index in [-0.39, 0.29) is 5.97 Å². The summed E-state index contributed by atoms with van der Waals surface area (Å²) in [4.78, 5) is 11.3. The van der Waals surface area contributed by atoms with Gasteiger partial charge in [-0.3, -0.25) is 4.79 Å². The average molecular weight is 278 g/mol. The molecule has 0 aromatic carbocycles. The lowest BCUT2D eigenvalue weighted by Crippen LogP contribution is -2.04. The number of rotatable bonds is 10. The Bertz CT molecular complexity index is 327. The second kappa shape index (κ2) is 14.2. The van der Waals surface area contributed by atoms with Gasteiger partial charge in [0, 0.05) is 12.8 Å². The molecule has 2 heteroatoms. The molecule has 2 nitrogen and oxygen atoms in total. The van der Waals surface area contributed by atoms with E-state index >= 15 is 0 Å². The molecule has 0 amide bonds. The van der Waals surface area contributed by atoms with E-state index in [9.17, 15) is 4.79 Å². The van der Waals surface area contributed by atoms with Crippen LogP contribution in [0.2, 0.25) is 0 Å². The van der Waals surface area contributed by atoms with Crippen LogP contribution in [0.1, 0.15) is 78.6 Å². The number of esters is 1. The summed E-state index contributed by atoms with van der Waals surface area (Å²) in [6.45, 7) is 6.62. The highest BCUT2D eigenvalue weighted by atomic mass is 16.5. The highest BCUT2D eigenvalue weighted by Crippen LogP contribution is 2.07. The third kappa shape index (κ3) is 14.8. The van der Waals surface area contributed by atoms with E-state index in [1.807, 2.05) is 19.9 Å². The van der Waals surface area contributed by atoms with Gasteiger partial charge < -0.3 is 4.74 Å². The fourth-order valence-corrected chi connectivity index (χ4v) is 1.77. The van der Waals surface area contributed by atoms with E-state index < -0.39 is 0 Å². The monoisotopic (exact) mass is 278 g/mol. The quantitative estimate of drug-likeness (QED) is 0.242. The molecular formula is C18H30O2. The zero-order chi connectivity index (χ0) is 15.1. The maximum atomic E-state index is 11.3. The van der Waals surface area contributed by atoms with Crippen LogP contribution in [0.15, 0.2) is 11.6 Å². The van der Waals surface area contributed by atoms with Gasteiger partial charge in [-0.1, -0.05) is 44.3 Å². The first-order chi connectivity index (χ1) is 9.66. The van der Waals surface area contributed by atoms with Crippen LogP contribution >= 0.6 is 0 Å². The molecule has 0 radical (unpaired) electrons. The van der Waals surface area contributed by atoms with E-state index in [0.29, 0.717) is 13.0 Å². The first-order valence-corrected chi connectivity index (χ1v) is 7.91. The van der Waals surface area contributed by atoms with Gasteiger partial charge in [-0.15, -0.1) is 11.8 Å². The molecule has 20 heavy (non-hydrogen) atoms. The lowest BCUT2D eigenvalue weighted by molar-refractivity contribution is -0.142. The highest BCUT2D eigenvalue weighted by molar-refractivity contribution is 5.71. The Morgan fingerprint density at radius 3 is 2.30 bits per heavy atom. The van der Waals surface area contributed by atoms with Gasteiger partial charge in [-0.05, 0) is 26.7 Å². The highest BCUT2D eigenvalue weighted by Gasteiger charge is 1.99. The zero-order valence-electron chi connectivity index (χ0n) is 13.5. The van der Waals surface area contributed by atoms with Gasteiger partial charge in [0.2, 0.25) is 0 Å². The lowest BCUT2D eigenvalue weighted by atomic mass is 10.1. The van der Waals surface area contributed by atoms with E-state index in [1.165, 1.54) is 25.7 Å². The van der Waals surface area contributed by atoms with Crippen molar-refractivity contribution in [2.45, 2.75) is 78.6 Å². The van der Waals surface area contributed by atoms with Gasteiger partial charge in [-0.2, -0.15) is 0 Å². The van der Waals surface area contributed by atoms with Gasteiger partial charge in [0.25, 0.3) is 0 Å². The smallest absolute Gasteiger partial charge is 0.309 e. The van der Waals surface area contributed by atoms with Crippen LogP contribution in [0.3, 0.4) is 0 Å². The van der Waals surface area contributed by atoms with Crippen molar-refractivity contribution in [1.82, 2.24) is 0 Å². The number of carbonyl (C=O) groups is 1. The lowest BCUT2D eigenvalue weighted by Gasteiger charge is -2.03. The minimum absolute atomic E-state index is 0.110. The summed E-state index contributed by atoms with van der Waals surface area (Å²) >= 11 is 0. The SMILES string of the molecule is CCC#CCCCCCCCCOC(=O)CC=C(C)C. The molecule has 0 aromatic heterocycles. The molecule has 0 aliphatic carbocycles. The Hall–Kier alpha value is -1.23. The summed E-state index contributed by atoms with van der Waals surface area (Å²) in [5, 5.41) is 0. The first-order valence-electron chi connectivity index (χ1n) is 7.91. The predicted octanol–water partition coefficient (Wildman–Crippen LogP) is 5.03. The minimum atomic E-state index is -0.110. The molecule has 0 aliphatic heterocycles.